The minimum atomic E-state index is -0.562. The van der Waals surface area contributed by atoms with Crippen LogP contribution in [0.5, 0.6) is 0 Å². The molecule has 2 aromatic rings. The van der Waals surface area contributed by atoms with Crippen LogP contribution in [0.15, 0.2) is 24.3 Å². The quantitative estimate of drug-likeness (QED) is 0.911. The Kier molecular flexibility index (Phi) is 4.14. The SMILES string of the molecule is CCOC(=O)Nc1c(C)nn(-c2cccc(Cl)c2)c1N. The second kappa shape index (κ2) is 5.83. The average molecular weight is 295 g/mol. The van der Waals surface area contributed by atoms with Crippen LogP contribution in [0.1, 0.15) is 12.6 Å². The van der Waals surface area contributed by atoms with E-state index in [2.05, 4.69) is 10.4 Å². The molecule has 0 aliphatic carbocycles. The lowest BCUT2D eigenvalue weighted by Crippen LogP contribution is -2.14. The van der Waals surface area contributed by atoms with Gasteiger partial charge in [0, 0.05) is 5.02 Å². The number of nitrogens with two attached hydrogens (primary N) is 1. The van der Waals surface area contributed by atoms with Gasteiger partial charge in [0.15, 0.2) is 5.82 Å². The van der Waals surface area contributed by atoms with Gasteiger partial charge >= 0.3 is 6.09 Å². The lowest BCUT2D eigenvalue weighted by Gasteiger charge is -2.07. The number of amides is 1. The molecule has 3 N–H and O–H groups in total. The first-order valence-corrected chi connectivity index (χ1v) is 6.45. The lowest BCUT2D eigenvalue weighted by atomic mass is 10.3. The van der Waals surface area contributed by atoms with Crippen molar-refractivity contribution in [2.45, 2.75) is 13.8 Å². The molecule has 0 saturated carbocycles. The van der Waals surface area contributed by atoms with Crippen LogP contribution in [0.4, 0.5) is 16.3 Å². The minimum absolute atomic E-state index is 0.285. The summed E-state index contributed by atoms with van der Waals surface area (Å²) in [4.78, 5) is 11.5. The Hall–Kier alpha value is -2.21. The smallest absolute Gasteiger partial charge is 0.411 e. The van der Waals surface area contributed by atoms with Crippen molar-refractivity contribution >= 4 is 29.2 Å². The van der Waals surface area contributed by atoms with Crippen LogP contribution in [0.3, 0.4) is 0 Å². The molecule has 0 radical (unpaired) electrons. The van der Waals surface area contributed by atoms with Crippen molar-refractivity contribution in [3.05, 3.63) is 35.0 Å². The van der Waals surface area contributed by atoms with Gasteiger partial charge in [-0.15, -0.1) is 0 Å². The maximum atomic E-state index is 11.5. The van der Waals surface area contributed by atoms with Crippen molar-refractivity contribution in [2.75, 3.05) is 17.7 Å². The Morgan fingerprint density at radius 3 is 2.95 bits per heavy atom. The summed E-state index contributed by atoms with van der Waals surface area (Å²) in [6.07, 6.45) is -0.562. The average Bonchev–Trinajstić information content (AvgIpc) is 2.67. The fraction of sp³-hybridized carbons (Fsp3) is 0.231. The zero-order chi connectivity index (χ0) is 14.7. The number of nitrogens with one attached hydrogen (secondary N) is 1. The molecular formula is C13H15ClN4O2. The number of ether oxygens (including phenoxy) is 1. The standard InChI is InChI=1S/C13H15ClN4O2/c1-3-20-13(19)16-11-8(2)17-18(12(11)15)10-6-4-5-9(14)7-10/h4-7H,3,15H2,1-2H3,(H,16,19). The van der Waals surface area contributed by atoms with Gasteiger partial charge in [0.1, 0.15) is 5.69 Å². The van der Waals surface area contributed by atoms with Gasteiger partial charge in [-0.1, -0.05) is 17.7 Å². The molecule has 0 saturated heterocycles. The number of nitrogens with zero attached hydrogens (tertiary/aromatic N) is 2. The number of rotatable bonds is 3. The van der Waals surface area contributed by atoms with Gasteiger partial charge in [-0.05, 0) is 32.0 Å². The molecule has 0 bridgehead atoms. The van der Waals surface area contributed by atoms with Crippen LogP contribution in [0, 0.1) is 6.92 Å². The van der Waals surface area contributed by atoms with Crippen molar-refractivity contribution in [3.63, 3.8) is 0 Å². The number of aromatic nitrogens is 2. The van der Waals surface area contributed by atoms with E-state index in [4.69, 9.17) is 22.1 Å². The van der Waals surface area contributed by atoms with E-state index < -0.39 is 6.09 Å². The molecule has 106 valence electrons. The van der Waals surface area contributed by atoms with E-state index in [-0.39, 0.29) is 6.61 Å². The first-order valence-electron chi connectivity index (χ1n) is 6.07. The molecule has 1 aromatic heterocycles. The van der Waals surface area contributed by atoms with Gasteiger partial charge in [0.25, 0.3) is 0 Å². The predicted octanol–water partition coefficient (Wildman–Crippen LogP) is 2.98. The van der Waals surface area contributed by atoms with Crippen molar-refractivity contribution in [1.29, 1.82) is 0 Å². The molecule has 1 aromatic carbocycles. The highest BCUT2D eigenvalue weighted by Gasteiger charge is 2.16. The molecule has 1 amide bonds. The first kappa shape index (κ1) is 14.2. The molecular weight excluding hydrogens is 280 g/mol. The molecule has 2 rings (SSSR count). The number of benzene rings is 1. The number of hydrogen-bond donors (Lipinski definition) is 2. The summed E-state index contributed by atoms with van der Waals surface area (Å²) in [5, 5.41) is 7.46. The maximum absolute atomic E-state index is 11.5. The van der Waals surface area contributed by atoms with Gasteiger partial charge in [-0.3, -0.25) is 5.32 Å². The number of nitrogen functional groups attached to an aromatic ring is 1. The summed E-state index contributed by atoms with van der Waals surface area (Å²) < 4.78 is 6.34. The Balaban J connectivity index is 2.36. The second-order valence-corrected chi connectivity index (χ2v) is 4.52. The van der Waals surface area contributed by atoms with E-state index in [1.54, 1.807) is 32.0 Å². The van der Waals surface area contributed by atoms with Gasteiger partial charge in [0.2, 0.25) is 0 Å². The van der Waals surface area contributed by atoms with Crippen LogP contribution < -0.4 is 11.1 Å². The molecule has 0 aliphatic rings. The fourth-order valence-electron chi connectivity index (χ4n) is 1.77. The highest BCUT2D eigenvalue weighted by Crippen LogP contribution is 2.27. The normalized spacial score (nSPS) is 10.3. The molecule has 0 unspecified atom stereocenters. The molecule has 7 heteroatoms. The summed E-state index contributed by atoms with van der Waals surface area (Å²) in [5.74, 6) is 0.317. The summed E-state index contributed by atoms with van der Waals surface area (Å²) >= 11 is 5.95. The zero-order valence-corrected chi connectivity index (χ0v) is 11.9. The topological polar surface area (TPSA) is 82.2 Å². The third-order valence-electron chi connectivity index (χ3n) is 2.65. The first-order chi connectivity index (χ1) is 9.52. The van der Waals surface area contributed by atoms with Crippen LogP contribution >= 0.6 is 11.6 Å². The molecule has 0 spiro atoms. The molecule has 6 nitrogen and oxygen atoms in total. The van der Waals surface area contributed by atoms with Crippen molar-refractivity contribution in [2.24, 2.45) is 0 Å². The molecule has 0 aliphatic heterocycles. The molecule has 20 heavy (non-hydrogen) atoms. The Morgan fingerprint density at radius 1 is 1.55 bits per heavy atom. The monoisotopic (exact) mass is 294 g/mol. The highest BCUT2D eigenvalue weighted by atomic mass is 35.5. The Bertz CT molecular complexity index is 639. The summed E-state index contributed by atoms with van der Waals surface area (Å²) in [6, 6.07) is 7.11. The number of hydrogen-bond acceptors (Lipinski definition) is 4. The van der Waals surface area contributed by atoms with Gasteiger partial charge < -0.3 is 10.5 Å². The van der Waals surface area contributed by atoms with E-state index in [9.17, 15) is 4.79 Å². The predicted molar refractivity (Wildman–Crippen MR) is 78.4 cm³/mol. The van der Waals surface area contributed by atoms with Crippen molar-refractivity contribution < 1.29 is 9.53 Å². The summed E-state index contributed by atoms with van der Waals surface area (Å²) in [7, 11) is 0. The summed E-state index contributed by atoms with van der Waals surface area (Å²) in [5.41, 5.74) is 7.76. The third-order valence-corrected chi connectivity index (χ3v) is 2.89. The summed E-state index contributed by atoms with van der Waals surface area (Å²) in [6.45, 7) is 3.76. The van der Waals surface area contributed by atoms with E-state index in [0.29, 0.717) is 22.2 Å². The number of carbonyl (C=O) groups excluding carboxylic acids is 1. The second-order valence-electron chi connectivity index (χ2n) is 4.08. The molecule has 0 atom stereocenters. The van der Waals surface area contributed by atoms with Gasteiger partial charge in [0.05, 0.1) is 18.0 Å². The van der Waals surface area contributed by atoms with E-state index in [1.165, 1.54) is 4.68 Å². The Morgan fingerprint density at radius 2 is 2.30 bits per heavy atom. The Labute approximate surface area is 121 Å². The lowest BCUT2D eigenvalue weighted by molar-refractivity contribution is 0.168. The maximum Gasteiger partial charge on any atom is 0.411 e. The van der Waals surface area contributed by atoms with Crippen LogP contribution in [0.2, 0.25) is 5.02 Å². The van der Waals surface area contributed by atoms with E-state index in [0.717, 1.165) is 5.69 Å². The molecule has 1 heterocycles. The largest absolute Gasteiger partial charge is 0.450 e. The van der Waals surface area contributed by atoms with E-state index >= 15 is 0 Å². The number of halogens is 1. The molecule has 0 fully saturated rings. The number of anilines is 2. The van der Waals surface area contributed by atoms with E-state index in [1.807, 2.05) is 6.07 Å². The zero-order valence-electron chi connectivity index (χ0n) is 11.2. The minimum Gasteiger partial charge on any atom is -0.450 e. The number of carbonyl (C=O) groups is 1. The number of aryl methyl sites for hydroxylation is 1. The van der Waals surface area contributed by atoms with Gasteiger partial charge in [-0.25, -0.2) is 9.48 Å². The van der Waals surface area contributed by atoms with Crippen LogP contribution in [-0.4, -0.2) is 22.5 Å². The third kappa shape index (κ3) is 2.85. The van der Waals surface area contributed by atoms with Crippen LogP contribution in [-0.2, 0) is 4.74 Å². The fourth-order valence-corrected chi connectivity index (χ4v) is 1.96. The van der Waals surface area contributed by atoms with Crippen LogP contribution in [0.25, 0.3) is 5.69 Å². The highest BCUT2D eigenvalue weighted by molar-refractivity contribution is 6.30. The van der Waals surface area contributed by atoms with Gasteiger partial charge in [-0.2, -0.15) is 5.10 Å². The van der Waals surface area contributed by atoms with Crippen molar-refractivity contribution in [3.8, 4) is 5.69 Å². The van der Waals surface area contributed by atoms with Crippen molar-refractivity contribution in [1.82, 2.24) is 9.78 Å².